The van der Waals surface area contributed by atoms with Crippen LogP contribution in [0.4, 0.5) is 0 Å². The van der Waals surface area contributed by atoms with E-state index in [9.17, 15) is 9.59 Å². The van der Waals surface area contributed by atoms with Crippen LogP contribution in [0.3, 0.4) is 0 Å². The number of fused-ring (bicyclic) bond motifs is 1. The normalized spacial score (nSPS) is 12.5. The molecule has 0 aliphatic carbocycles. The molecule has 2 N–H and O–H groups in total. The monoisotopic (exact) mass is 332 g/mol. The van der Waals surface area contributed by atoms with Crippen LogP contribution < -0.4 is 10.9 Å². The van der Waals surface area contributed by atoms with E-state index in [-0.39, 0.29) is 17.2 Å². The standard InChI is InChI=1S/C14H16N6O2S/c1-4-10(11-16-8(3)18-19-11)17-12(21)9-5-15-14-20(13(9)22)6-7(2)23-14/h5-6,10H,4H2,1-3H3,(H,17,21)(H,16,18,19). The molecule has 3 aromatic rings. The van der Waals surface area contributed by atoms with E-state index in [1.807, 2.05) is 13.8 Å². The second-order valence-corrected chi connectivity index (χ2v) is 6.40. The molecule has 0 spiro atoms. The van der Waals surface area contributed by atoms with Gasteiger partial charge >= 0.3 is 0 Å². The number of H-pyrrole nitrogens is 1. The van der Waals surface area contributed by atoms with Gasteiger partial charge in [-0.3, -0.25) is 19.1 Å². The molecule has 0 saturated carbocycles. The van der Waals surface area contributed by atoms with Gasteiger partial charge in [0.25, 0.3) is 11.5 Å². The Labute approximate surface area is 135 Å². The predicted octanol–water partition coefficient (Wildman–Crippen LogP) is 1.37. The van der Waals surface area contributed by atoms with Crippen molar-refractivity contribution < 1.29 is 4.79 Å². The van der Waals surface area contributed by atoms with Gasteiger partial charge in [0.1, 0.15) is 11.4 Å². The van der Waals surface area contributed by atoms with Crippen LogP contribution in [0.25, 0.3) is 4.96 Å². The Kier molecular flexibility index (Phi) is 3.95. The molecule has 120 valence electrons. The topological polar surface area (TPSA) is 105 Å². The van der Waals surface area contributed by atoms with Gasteiger partial charge in [0.05, 0.1) is 6.04 Å². The number of hydrogen-bond acceptors (Lipinski definition) is 6. The number of carbonyl (C=O) groups excluding carboxylic acids is 1. The van der Waals surface area contributed by atoms with Crippen LogP contribution in [-0.4, -0.2) is 30.5 Å². The highest BCUT2D eigenvalue weighted by molar-refractivity contribution is 7.16. The van der Waals surface area contributed by atoms with Crippen molar-refractivity contribution in [3.8, 4) is 0 Å². The van der Waals surface area contributed by atoms with Gasteiger partial charge in [0.15, 0.2) is 10.8 Å². The summed E-state index contributed by atoms with van der Waals surface area (Å²) in [5.74, 6) is 0.693. The number of aromatic nitrogens is 5. The molecule has 1 unspecified atom stereocenters. The maximum absolute atomic E-state index is 12.4. The first-order valence-corrected chi connectivity index (χ1v) is 7.98. The van der Waals surface area contributed by atoms with E-state index in [1.165, 1.54) is 21.9 Å². The second kappa shape index (κ2) is 5.92. The third-order valence-electron chi connectivity index (χ3n) is 3.41. The largest absolute Gasteiger partial charge is 0.342 e. The van der Waals surface area contributed by atoms with Gasteiger partial charge in [-0.2, -0.15) is 5.10 Å². The van der Waals surface area contributed by atoms with Crippen LogP contribution in [0, 0.1) is 13.8 Å². The lowest BCUT2D eigenvalue weighted by Gasteiger charge is -2.13. The summed E-state index contributed by atoms with van der Waals surface area (Å²) < 4.78 is 1.40. The molecule has 0 bridgehead atoms. The molecule has 3 heterocycles. The van der Waals surface area contributed by atoms with E-state index in [4.69, 9.17) is 0 Å². The van der Waals surface area contributed by atoms with Crippen molar-refractivity contribution in [1.29, 1.82) is 0 Å². The first-order valence-electron chi connectivity index (χ1n) is 7.17. The average Bonchev–Trinajstić information content (AvgIpc) is 3.10. The van der Waals surface area contributed by atoms with Crippen molar-refractivity contribution in [2.45, 2.75) is 33.2 Å². The molecule has 0 aliphatic heterocycles. The fourth-order valence-electron chi connectivity index (χ4n) is 2.25. The van der Waals surface area contributed by atoms with E-state index in [0.717, 1.165) is 4.88 Å². The Bertz CT molecular complexity index is 925. The molecular weight excluding hydrogens is 316 g/mol. The summed E-state index contributed by atoms with van der Waals surface area (Å²) >= 11 is 1.40. The molecule has 23 heavy (non-hydrogen) atoms. The lowest BCUT2D eigenvalue weighted by molar-refractivity contribution is 0.0931. The Balaban J connectivity index is 1.90. The summed E-state index contributed by atoms with van der Waals surface area (Å²) in [4.78, 5) is 34.8. The maximum Gasteiger partial charge on any atom is 0.271 e. The van der Waals surface area contributed by atoms with Gasteiger partial charge in [0, 0.05) is 17.3 Å². The molecular formula is C14H16N6O2S. The molecule has 1 amide bonds. The zero-order valence-corrected chi connectivity index (χ0v) is 13.8. The number of carbonyl (C=O) groups is 1. The zero-order valence-electron chi connectivity index (χ0n) is 13.0. The van der Waals surface area contributed by atoms with E-state index in [1.54, 1.807) is 13.1 Å². The quantitative estimate of drug-likeness (QED) is 0.751. The summed E-state index contributed by atoms with van der Waals surface area (Å²) in [6.07, 6.45) is 3.61. The number of amides is 1. The van der Waals surface area contributed by atoms with Crippen LogP contribution in [-0.2, 0) is 0 Å². The molecule has 8 nitrogen and oxygen atoms in total. The number of aromatic amines is 1. The highest BCUT2D eigenvalue weighted by atomic mass is 32.1. The minimum Gasteiger partial charge on any atom is -0.342 e. The zero-order chi connectivity index (χ0) is 16.6. The van der Waals surface area contributed by atoms with Crippen LogP contribution in [0.1, 0.15) is 46.3 Å². The van der Waals surface area contributed by atoms with Gasteiger partial charge < -0.3 is 5.32 Å². The first kappa shape index (κ1) is 15.3. The molecule has 0 aliphatic rings. The summed E-state index contributed by atoms with van der Waals surface area (Å²) in [6.45, 7) is 5.58. The lowest BCUT2D eigenvalue weighted by atomic mass is 10.2. The minimum absolute atomic E-state index is 0.00556. The summed E-state index contributed by atoms with van der Waals surface area (Å²) in [5.41, 5.74) is -0.371. The summed E-state index contributed by atoms with van der Waals surface area (Å²) in [6, 6.07) is -0.364. The van der Waals surface area contributed by atoms with Gasteiger partial charge in [-0.25, -0.2) is 9.97 Å². The first-order chi connectivity index (χ1) is 11.0. The Morgan fingerprint density at radius 1 is 1.48 bits per heavy atom. The lowest BCUT2D eigenvalue weighted by Crippen LogP contribution is -2.34. The molecule has 1 atom stereocenters. The highest BCUT2D eigenvalue weighted by Crippen LogP contribution is 2.14. The smallest absolute Gasteiger partial charge is 0.271 e. The minimum atomic E-state index is -0.477. The number of nitrogens with one attached hydrogen (secondary N) is 2. The third-order valence-corrected chi connectivity index (χ3v) is 4.32. The van der Waals surface area contributed by atoms with Gasteiger partial charge in [-0.15, -0.1) is 11.3 Å². The molecule has 0 saturated heterocycles. The van der Waals surface area contributed by atoms with Crippen molar-refractivity contribution in [3.05, 3.63) is 44.8 Å². The van der Waals surface area contributed by atoms with Crippen LogP contribution in [0.5, 0.6) is 0 Å². The van der Waals surface area contributed by atoms with Gasteiger partial charge in [-0.1, -0.05) is 6.92 Å². The number of rotatable bonds is 4. The van der Waals surface area contributed by atoms with Gasteiger partial charge in [-0.05, 0) is 20.3 Å². The Morgan fingerprint density at radius 2 is 2.26 bits per heavy atom. The van der Waals surface area contributed by atoms with E-state index < -0.39 is 5.91 Å². The van der Waals surface area contributed by atoms with Crippen molar-refractivity contribution >= 4 is 22.2 Å². The van der Waals surface area contributed by atoms with E-state index in [0.29, 0.717) is 23.0 Å². The van der Waals surface area contributed by atoms with Crippen LogP contribution >= 0.6 is 11.3 Å². The van der Waals surface area contributed by atoms with Crippen molar-refractivity contribution in [1.82, 2.24) is 29.9 Å². The van der Waals surface area contributed by atoms with Crippen molar-refractivity contribution in [2.75, 3.05) is 0 Å². The number of hydrogen-bond donors (Lipinski definition) is 2. The number of thiazole rings is 1. The van der Waals surface area contributed by atoms with Crippen LogP contribution in [0.2, 0.25) is 0 Å². The highest BCUT2D eigenvalue weighted by Gasteiger charge is 2.21. The Hall–Kier alpha value is -2.55. The maximum atomic E-state index is 12.4. The molecule has 9 heteroatoms. The third kappa shape index (κ3) is 2.87. The van der Waals surface area contributed by atoms with E-state index in [2.05, 4.69) is 25.5 Å². The van der Waals surface area contributed by atoms with Crippen LogP contribution in [0.15, 0.2) is 17.2 Å². The summed E-state index contributed by atoms with van der Waals surface area (Å²) in [7, 11) is 0. The van der Waals surface area contributed by atoms with Crippen molar-refractivity contribution in [2.24, 2.45) is 0 Å². The fraction of sp³-hybridized carbons (Fsp3) is 0.357. The van der Waals surface area contributed by atoms with E-state index >= 15 is 0 Å². The molecule has 0 aromatic carbocycles. The molecule has 3 rings (SSSR count). The summed E-state index contributed by atoms with van der Waals surface area (Å²) in [5, 5.41) is 9.60. The predicted molar refractivity (Wildman–Crippen MR) is 85.7 cm³/mol. The van der Waals surface area contributed by atoms with Gasteiger partial charge in [0.2, 0.25) is 0 Å². The number of aryl methyl sites for hydroxylation is 2. The molecule has 0 fully saturated rings. The second-order valence-electron chi connectivity index (χ2n) is 5.18. The average molecular weight is 332 g/mol. The SMILES string of the molecule is CCC(NC(=O)c1cnc2sc(C)cn2c1=O)c1n[nH]c(C)n1. The number of nitrogens with zero attached hydrogens (tertiary/aromatic N) is 4. The fourth-order valence-corrected chi connectivity index (χ4v) is 3.04. The Morgan fingerprint density at radius 3 is 2.91 bits per heavy atom. The molecule has 3 aromatic heterocycles. The van der Waals surface area contributed by atoms with Crippen molar-refractivity contribution in [3.63, 3.8) is 0 Å². The molecule has 0 radical (unpaired) electrons.